The SMILES string of the molecule is C=C(C)CN(C)C(=O)N1CCC(C)(C(=O)O)CC1. The number of rotatable bonds is 3. The third-order valence-electron chi connectivity index (χ3n) is 3.49. The highest BCUT2D eigenvalue weighted by molar-refractivity contribution is 5.77. The van der Waals surface area contributed by atoms with Crippen molar-refractivity contribution < 1.29 is 14.7 Å². The Morgan fingerprint density at radius 1 is 1.39 bits per heavy atom. The van der Waals surface area contributed by atoms with Gasteiger partial charge in [-0.05, 0) is 26.7 Å². The molecule has 1 aliphatic rings. The second kappa shape index (κ2) is 5.42. The number of amides is 2. The number of likely N-dealkylation sites (tertiary alicyclic amines) is 1. The van der Waals surface area contributed by atoms with E-state index in [1.807, 2.05) is 6.92 Å². The molecule has 0 atom stereocenters. The molecule has 1 fully saturated rings. The standard InChI is InChI=1S/C13H22N2O3/c1-10(2)9-14(4)12(18)15-7-5-13(3,6-8-15)11(16)17/h1,5-9H2,2-4H3,(H,16,17). The van der Waals surface area contributed by atoms with E-state index < -0.39 is 11.4 Å². The summed E-state index contributed by atoms with van der Waals surface area (Å²) in [7, 11) is 1.74. The fraction of sp³-hybridized carbons (Fsp3) is 0.692. The average molecular weight is 254 g/mol. The third kappa shape index (κ3) is 3.24. The molecule has 0 saturated carbocycles. The van der Waals surface area contributed by atoms with Gasteiger partial charge in [0.2, 0.25) is 0 Å². The zero-order valence-electron chi connectivity index (χ0n) is 11.4. The second-order valence-electron chi connectivity index (χ2n) is 5.45. The van der Waals surface area contributed by atoms with E-state index in [0.29, 0.717) is 32.5 Å². The predicted octanol–water partition coefficient (Wildman–Crippen LogP) is 1.80. The maximum absolute atomic E-state index is 12.1. The van der Waals surface area contributed by atoms with E-state index in [1.54, 1.807) is 23.8 Å². The molecule has 5 nitrogen and oxygen atoms in total. The third-order valence-corrected chi connectivity index (χ3v) is 3.49. The van der Waals surface area contributed by atoms with Crippen LogP contribution in [0, 0.1) is 5.41 Å². The molecule has 2 amide bonds. The van der Waals surface area contributed by atoms with E-state index in [0.717, 1.165) is 5.57 Å². The van der Waals surface area contributed by atoms with Crippen molar-refractivity contribution in [1.82, 2.24) is 9.80 Å². The van der Waals surface area contributed by atoms with E-state index in [4.69, 9.17) is 5.11 Å². The molecule has 0 aromatic heterocycles. The van der Waals surface area contributed by atoms with E-state index >= 15 is 0 Å². The monoisotopic (exact) mass is 254 g/mol. The molecule has 18 heavy (non-hydrogen) atoms. The number of carbonyl (C=O) groups excluding carboxylic acids is 1. The van der Waals surface area contributed by atoms with Gasteiger partial charge in [0.1, 0.15) is 0 Å². The molecule has 1 rings (SSSR count). The first-order valence-electron chi connectivity index (χ1n) is 6.14. The van der Waals surface area contributed by atoms with Crippen LogP contribution in [-0.2, 0) is 4.79 Å². The highest BCUT2D eigenvalue weighted by Gasteiger charge is 2.38. The van der Waals surface area contributed by atoms with Crippen LogP contribution >= 0.6 is 0 Å². The number of hydrogen-bond donors (Lipinski definition) is 1. The maximum Gasteiger partial charge on any atom is 0.320 e. The Bertz CT molecular complexity index is 357. The molecule has 0 aromatic rings. The first-order valence-corrected chi connectivity index (χ1v) is 6.14. The van der Waals surface area contributed by atoms with E-state index in [9.17, 15) is 9.59 Å². The minimum Gasteiger partial charge on any atom is -0.481 e. The van der Waals surface area contributed by atoms with E-state index in [-0.39, 0.29) is 6.03 Å². The van der Waals surface area contributed by atoms with Crippen LogP contribution in [0.25, 0.3) is 0 Å². The molecular formula is C13H22N2O3. The number of carbonyl (C=O) groups is 2. The van der Waals surface area contributed by atoms with E-state index in [1.165, 1.54) is 0 Å². The highest BCUT2D eigenvalue weighted by Crippen LogP contribution is 2.31. The van der Waals surface area contributed by atoms with Gasteiger partial charge in [-0.15, -0.1) is 0 Å². The molecule has 102 valence electrons. The van der Waals surface area contributed by atoms with Crippen molar-refractivity contribution in [2.75, 3.05) is 26.7 Å². The van der Waals surface area contributed by atoms with Gasteiger partial charge in [0.15, 0.2) is 0 Å². The van der Waals surface area contributed by atoms with Gasteiger partial charge < -0.3 is 14.9 Å². The number of likely N-dealkylation sites (N-methyl/N-ethyl adjacent to an activating group) is 1. The molecule has 0 aromatic carbocycles. The summed E-state index contributed by atoms with van der Waals surface area (Å²) in [5, 5.41) is 9.13. The minimum absolute atomic E-state index is 0.0505. The highest BCUT2D eigenvalue weighted by atomic mass is 16.4. The van der Waals surface area contributed by atoms with Crippen molar-refractivity contribution >= 4 is 12.0 Å². The number of aliphatic carboxylic acids is 1. The molecule has 1 aliphatic heterocycles. The molecule has 0 aliphatic carbocycles. The van der Waals surface area contributed by atoms with E-state index in [2.05, 4.69) is 6.58 Å². The van der Waals surface area contributed by atoms with Gasteiger partial charge >= 0.3 is 12.0 Å². The van der Waals surface area contributed by atoms with Gasteiger partial charge in [-0.25, -0.2) is 4.79 Å². The van der Waals surface area contributed by atoms with Gasteiger partial charge in [0.25, 0.3) is 0 Å². The second-order valence-corrected chi connectivity index (χ2v) is 5.45. The minimum atomic E-state index is -0.773. The van der Waals surface area contributed by atoms with Crippen LogP contribution in [0.1, 0.15) is 26.7 Å². The van der Waals surface area contributed by atoms with Crippen molar-refractivity contribution in [2.24, 2.45) is 5.41 Å². The van der Waals surface area contributed by atoms with Crippen molar-refractivity contribution in [3.05, 3.63) is 12.2 Å². The Morgan fingerprint density at radius 2 is 1.89 bits per heavy atom. The van der Waals surface area contributed by atoms with Crippen LogP contribution in [0.5, 0.6) is 0 Å². The van der Waals surface area contributed by atoms with Crippen LogP contribution in [0.15, 0.2) is 12.2 Å². The zero-order valence-corrected chi connectivity index (χ0v) is 11.4. The smallest absolute Gasteiger partial charge is 0.320 e. The number of nitrogens with zero attached hydrogens (tertiary/aromatic N) is 2. The predicted molar refractivity (Wildman–Crippen MR) is 69.4 cm³/mol. The van der Waals surface area contributed by atoms with Crippen LogP contribution in [0.4, 0.5) is 4.79 Å². The molecule has 0 unspecified atom stereocenters. The first kappa shape index (κ1) is 14.5. The Hall–Kier alpha value is -1.52. The summed E-state index contributed by atoms with van der Waals surface area (Å²) in [6.45, 7) is 8.94. The fourth-order valence-electron chi connectivity index (χ4n) is 2.12. The van der Waals surface area contributed by atoms with Crippen LogP contribution in [-0.4, -0.2) is 53.6 Å². The Balaban J connectivity index is 2.55. The molecule has 1 saturated heterocycles. The zero-order chi connectivity index (χ0) is 13.9. The van der Waals surface area contributed by atoms with Crippen LogP contribution < -0.4 is 0 Å². The van der Waals surface area contributed by atoms with Gasteiger partial charge in [-0.3, -0.25) is 4.79 Å². The van der Waals surface area contributed by atoms with Crippen molar-refractivity contribution in [2.45, 2.75) is 26.7 Å². The van der Waals surface area contributed by atoms with Crippen molar-refractivity contribution in [3.8, 4) is 0 Å². The largest absolute Gasteiger partial charge is 0.481 e. The molecule has 0 bridgehead atoms. The Labute approximate surface area is 108 Å². The molecule has 5 heteroatoms. The summed E-state index contributed by atoms with van der Waals surface area (Å²) in [6.07, 6.45) is 1.02. The normalized spacial score (nSPS) is 18.3. The Morgan fingerprint density at radius 3 is 2.28 bits per heavy atom. The summed E-state index contributed by atoms with van der Waals surface area (Å²) >= 11 is 0. The molecule has 0 spiro atoms. The molecule has 0 radical (unpaired) electrons. The van der Waals surface area contributed by atoms with Crippen molar-refractivity contribution in [1.29, 1.82) is 0 Å². The average Bonchev–Trinajstić information content (AvgIpc) is 2.28. The summed E-state index contributed by atoms with van der Waals surface area (Å²) in [4.78, 5) is 26.5. The van der Waals surface area contributed by atoms with Crippen LogP contribution in [0.3, 0.4) is 0 Å². The summed E-state index contributed by atoms with van der Waals surface area (Å²) in [5.74, 6) is -0.773. The van der Waals surface area contributed by atoms with Gasteiger partial charge in [0.05, 0.1) is 5.41 Å². The number of urea groups is 1. The van der Waals surface area contributed by atoms with Crippen LogP contribution in [0.2, 0.25) is 0 Å². The fourth-order valence-corrected chi connectivity index (χ4v) is 2.12. The lowest BCUT2D eigenvalue weighted by atomic mass is 9.80. The maximum atomic E-state index is 12.1. The molecule has 1 N–H and O–H groups in total. The van der Waals surface area contributed by atoms with Crippen molar-refractivity contribution in [3.63, 3.8) is 0 Å². The summed E-state index contributed by atoms with van der Waals surface area (Å²) < 4.78 is 0. The number of piperidine rings is 1. The quantitative estimate of drug-likeness (QED) is 0.781. The first-order chi connectivity index (χ1) is 8.26. The number of carboxylic acids is 1. The van der Waals surface area contributed by atoms with Gasteiger partial charge in [0, 0.05) is 26.7 Å². The molecular weight excluding hydrogens is 232 g/mol. The molecule has 1 heterocycles. The number of hydrogen-bond acceptors (Lipinski definition) is 2. The summed E-state index contributed by atoms with van der Waals surface area (Å²) in [6, 6.07) is -0.0505. The van der Waals surface area contributed by atoms with Gasteiger partial charge in [-0.2, -0.15) is 0 Å². The van der Waals surface area contributed by atoms with Gasteiger partial charge in [-0.1, -0.05) is 12.2 Å². The summed E-state index contributed by atoms with van der Waals surface area (Å²) in [5.41, 5.74) is 0.238. The Kier molecular flexibility index (Phi) is 4.38. The topological polar surface area (TPSA) is 60.9 Å². The lowest BCUT2D eigenvalue weighted by Gasteiger charge is -2.38. The lowest BCUT2D eigenvalue weighted by Crippen LogP contribution is -2.49. The lowest BCUT2D eigenvalue weighted by molar-refractivity contribution is -0.150. The number of carboxylic acid groups (broad SMARTS) is 1.